The van der Waals surface area contributed by atoms with E-state index in [-0.39, 0.29) is 23.5 Å². The number of piperazine rings is 1. The second-order valence-corrected chi connectivity index (χ2v) is 8.90. The van der Waals surface area contributed by atoms with Gasteiger partial charge in [-0.2, -0.15) is 0 Å². The Balaban J connectivity index is 1.40. The van der Waals surface area contributed by atoms with E-state index in [0.717, 1.165) is 31.4 Å². The van der Waals surface area contributed by atoms with E-state index in [1.807, 2.05) is 19.2 Å². The molecule has 2 amide bonds. The van der Waals surface area contributed by atoms with Crippen LogP contribution in [0.1, 0.15) is 41.8 Å². The van der Waals surface area contributed by atoms with Crippen LogP contribution in [0.25, 0.3) is 0 Å². The van der Waals surface area contributed by atoms with E-state index in [1.54, 1.807) is 16.1 Å². The van der Waals surface area contributed by atoms with E-state index in [1.165, 1.54) is 24.3 Å². The molecule has 9 heteroatoms. The highest BCUT2D eigenvalue weighted by Gasteiger charge is 2.38. The third-order valence-corrected chi connectivity index (χ3v) is 6.77. The highest BCUT2D eigenvalue weighted by molar-refractivity contribution is 5.94. The maximum atomic E-state index is 13.5. The Labute approximate surface area is 193 Å². The van der Waals surface area contributed by atoms with Crippen LogP contribution in [0.15, 0.2) is 47.1 Å². The predicted molar refractivity (Wildman–Crippen MR) is 122 cm³/mol. The van der Waals surface area contributed by atoms with Crippen molar-refractivity contribution in [1.29, 1.82) is 0 Å². The van der Waals surface area contributed by atoms with Crippen molar-refractivity contribution in [2.45, 2.75) is 38.3 Å². The van der Waals surface area contributed by atoms with Crippen LogP contribution in [0, 0.1) is 16.0 Å². The molecule has 1 aliphatic carbocycles. The molecule has 0 spiro atoms. The van der Waals surface area contributed by atoms with Gasteiger partial charge in [0.1, 0.15) is 5.76 Å². The molecule has 2 aromatic rings. The summed E-state index contributed by atoms with van der Waals surface area (Å²) < 4.78 is 5.42. The van der Waals surface area contributed by atoms with Gasteiger partial charge >= 0.3 is 0 Å². The highest BCUT2D eigenvalue weighted by Crippen LogP contribution is 2.32. The summed E-state index contributed by atoms with van der Waals surface area (Å²) in [6.07, 6.45) is 6.01. The number of hydrogen-bond acceptors (Lipinski definition) is 6. The smallest absolute Gasteiger partial charge is 0.269 e. The van der Waals surface area contributed by atoms with Crippen molar-refractivity contribution in [2.75, 3.05) is 33.2 Å². The van der Waals surface area contributed by atoms with Gasteiger partial charge in [0.2, 0.25) is 5.91 Å². The number of nitro groups is 1. The number of carbonyl (C=O) groups excluding carboxylic acids is 2. The Morgan fingerprint density at radius 2 is 1.79 bits per heavy atom. The number of hydrogen-bond donors (Lipinski definition) is 0. The monoisotopic (exact) mass is 454 g/mol. The van der Waals surface area contributed by atoms with Gasteiger partial charge < -0.3 is 14.2 Å². The van der Waals surface area contributed by atoms with E-state index < -0.39 is 4.92 Å². The van der Waals surface area contributed by atoms with Gasteiger partial charge in [-0.3, -0.25) is 24.6 Å². The van der Waals surface area contributed by atoms with Gasteiger partial charge in [0.15, 0.2) is 0 Å². The third kappa shape index (κ3) is 5.24. The van der Waals surface area contributed by atoms with Crippen LogP contribution >= 0.6 is 0 Å². The van der Waals surface area contributed by atoms with Crippen LogP contribution in [0.5, 0.6) is 0 Å². The second kappa shape index (κ2) is 10.2. The summed E-state index contributed by atoms with van der Waals surface area (Å²) in [5, 5.41) is 10.9. The molecular formula is C24H30N4O5. The Morgan fingerprint density at radius 1 is 1.12 bits per heavy atom. The first-order chi connectivity index (χ1) is 15.9. The Bertz CT molecular complexity index is 961. The molecule has 0 bridgehead atoms. The molecule has 2 aliphatic rings. The minimum atomic E-state index is -0.476. The summed E-state index contributed by atoms with van der Waals surface area (Å²) in [6.45, 7) is 2.73. The van der Waals surface area contributed by atoms with Crippen molar-refractivity contribution in [3.63, 3.8) is 0 Å². The molecule has 1 atom stereocenters. The summed E-state index contributed by atoms with van der Waals surface area (Å²) in [5.74, 6) is 1.06. The van der Waals surface area contributed by atoms with E-state index >= 15 is 0 Å². The lowest BCUT2D eigenvalue weighted by atomic mass is 9.94. The van der Waals surface area contributed by atoms with Crippen LogP contribution in [-0.2, 0) is 11.3 Å². The zero-order valence-corrected chi connectivity index (χ0v) is 18.9. The standard InChI is InChI=1S/C24H30N4O5/c1-25(17-21-7-4-16-33-21)24(30)22(18-5-2-3-6-18)26-12-14-27(15-13-26)23(29)19-8-10-20(11-9-19)28(31)32/h4,7-11,16,18,22H,2-3,5-6,12-15,17H2,1H3/t22-/m0/s1. The summed E-state index contributed by atoms with van der Waals surface area (Å²) in [4.78, 5) is 42.5. The van der Waals surface area contributed by atoms with Crippen LogP contribution in [0.4, 0.5) is 5.69 Å². The molecule has 2 heterocycles. The van der Waals surface area contributed by atoms with Crippen LogP contribution in [0.2, 0.25) is 0 Å². The van der Waals surface area contributed by atoms with Crippen molar-refractivity contribution >= 4 is 17.5 Å². The number of nitrogens with zero attached hydrogens (tertiary/aromatic N) is 4. The lowest BCUT2D eigenvalue weighted by molar-refractivity contribution is -0.384. The van der Waals surface area contributed by atoms with Crippen molar-refractivity contribution in [3.05, 3.63) is 64.1 Å². The topological polar surface area (TPSA) is 100 Å². The van der Waals surface area contributed by atoms with E-state index in [9.17, 15) is 19.7 Å². The Kier molecular flexibility index (Phi) is 7.08. The number of benzene rings is 1. The molecule has 33 heavy (non-hydrogen) atoms. The highest BCUT2D eigenvalue weighted by atomic mass is 16.6. The molecule has 1 saturated carbocycles. The SMILES string of the molecule is CN(Cc1ccco1)C(=O)[C@H](C1CCCC1)N1CCN(C(=O)c2ccc([N+](=O)[O-])cc2)CC1. The first-order valence-corrected chi connectivity index (χ1v) is 11.5. The second-order valence-electron chi connectivity index (χ2n) is 8.90. The summed E-state index contributed by atoms with van der Waals surface area (Å²) >= 11 is 0. The molecule has 4 rings (SSSR count). The molecule has 176 valence electrons. The molecule has 1 aromatic heterocycles. The average Bonchev–Trinajstić information content (AvgIpc) is 3.54. The number of rotatable bonds is 7. The van der Waals surface area contributed by atoms with Gasteiger partial charge in [0.05, 0.1) is 23.8 Å². The van der Waals surface area contributed by atoms with Gasteiger partial charge in [0.25, 0.3) is 11.6 Å². The van der Waals surface area contributed by atoms with E-state index in [0.29, 0.717) is 44.2 Å². The number of amides is 2. The molecule has 1 saturated heterocycles. The number of non-ortho nitro benzene ring substituents is 1. The van der Waals surface area contributed by atoms with Gasteiger partial charge in [-0.25, -0.2) is 0 Å². The fourth-order valence-corrected chi connectivity index (χ4v) is 4.98. The van der Waals surface area contributed by atoms with Crippen molar-refractivity contribution in [1.82, 2.24) is 14.7 Å². The largest absolute Gasteiger partial charge is 0.467 e. The fourth-order valence-electron chi connectivity index (χ4n) is 4.98. The van der Waals surface area contributed by atoms with Crippen LogP contribution in [0.3, 0.4) is 0 Å². The van der Waals surface area contributed by atoms with Crippen molar-refractivity contribution in [3.8, 4) is 0 Å². The van der Waals surface area contributed by atoms with Gasteiger partial charge in [0, 0.05) is 50.9 Å². The number of likely N-dealkylation sites (N-methyl/N-ethyl adjacent to an activating group) is 1. The molecule has 0 radical (unpaired) electrons. The lowest BCUT2D eigenvalue weighted by Crippen LogP contribution is -2.58. The average molecular weight is 455 g/mol. The normalized spacial score (nSPS) is 18.3. The first kappa shape index (κ1) is 23.0. The van der Waals surface area contributed by atoms with E-state index in [2.05, 4.69) is 4.90 Å². The lowest BCUT2D eigenvalue weighted by Gasteiger charge is -2.42. The number of nitro benzene ring substituents is 1. The molecule has 0 unspecified atom stereocenters. The fraction of sp³-hybridized carbons (Fsp3) is 0.500. The zero-order valence-electron chi connectivity index (χ0n) is 18.9. The summed E-state index contributed by atoms with van der Waals surface area (Å²) in [7, 11) is 1.82. The minimum absolute atomic E-state index is 0.0343. The number of furan rings is 1. The third-order valence-electron chi connectivity index (χ3n) is 6.77. The predicted octanol–water partition coefficient (Wildman–Crippen LogP) is 3.16. The molecule has 0 N–H and O–H groups in total. The molecule has 2 fully saturated rings. The number of carbonyl (C=O) groups is 2. The molecule has 1 aliphatic heterocycles. The Morgan fingerprint density at radius 3 is 2.36 bits per heavy atom. The van der Waals surface area contributed by atoms with Gasteiger partial charge in [-0.05, 0) is 43.0 Å². The quantitative estimate of drug-likeness (QED) is 0.471. The van der Waals surface area contributed by atoms with E-state index in [4.69, 9.17) is 4.42 Å². The van der Waals surface area contributed by atoms with Gasteiger partial charge in [-0.15, -0.1) is 0 Å². The van der Waals surface area contributed by atoms with Gasteiger partial charge in [-0.1, -0.05) is 12.8 Å². The molecule has 1 aromatic carbocycles. The van der Waals surface area contributed by atoms with Crippen molar-refractivity contribution in [2.24, 2.45) is 5.92 Å². The Hall–Kier alpha value is -3.20. The van der Waals surface area contributed by atoms with Crippen LogP contribution < -0.4 is 0 Å². The summed E-state index contributed by atoms with van der Waals surface area (Å²) in [5.41, 5.74) is 0.406. The first-order valence-electron chi connectivity index (χ1n) is 11.5. The maximum Gasteiger partial charge on any atom is 0.269 e. The summed E-state index contributed by atoms with van der Waals surface area (Å²) in [6, 6.07) is 9.22. The molecular weight excluding hydrogens is 424 g/mol. The van der Waals surface area contributed by atoms with Crippen molar-refractivity contribution < 1.29 is 18.9 Å². The maximum absolute atomic E-state index is 13.5. The molecule has 9 nitrogen and oxygen atoms in total. The van der Waals surface area contributed by atoms with Crippen LogP contribution in [-0.4, -0.2) is 70.7 Å². The minimum Gasteiger partial charge on any atom is -0.467 e. The zero-order chi connectivity index (χ0) is 23.4.